The molecule has 1 aromatic carbocycles. The molecular weight excluding hydrogens is 256 g/mol. The third kappa shape index (κ3) is 2.73. The molecule has 0 saturated carbocycles. The molecule has 1 aromatic heterocycles. The SMILES string of the molecule is Oc1ccccc1Sc1ncnc2c1CCCCC2. The fourth-order valence-corrected chi connectivity index (χ4v) is 3.37. The molecule has 1 aliphatic carbocycles. The summed E-state index contributed by atoms with van der Waals surface area (Å²) in [6.45, 7) is 0. The monoisotopic (exact) mass is 272 g/mol. The van der Waals surface area contributed by atoms with Crippen LogP contribution in [0.1, 0.15) is 30.5 Å². The quantitative estimate of drug-likeness (QED) is 0.670. The van der Waals surface area contributed by atoms with E-state index >= 15 is 0 Å². The molecule has 0 atom stereocenters. The molecule has 3 nitrogen and oxygen atoms in total. The van der Waals surface area contributed by atoms with Crippen LogP contribution in [0.2, 0.25) is 0 Å². The van der Waals surface area contributed by atoms with Crippen molar-refractivity contribution in [2.45, 2.75) is 42.0 Å². The summed E-state index contributed by atoms with van der Waals surface area (Å²) in [5.41, 5.74) is 2.46. The number of benzene rings is 1. The normalized spacial score (nSPS) is 14.7. The van der Waals surface area contributed by atoms with Crippen molar-refractivity contribution in [1.29, 1.82) is 0 Å². The second kappa shape index (κ2) is 5.61. The number of phenols is 1. The molecule has 2 aromatic rings. The minimum Gasteiger partial charge on any atom is -0.507 e. The average Bonchev–Trinajstić information content (AvgIpc) is 2.67. The van der Waals surface area contributed by atoms with Crippen molar-refractivity contribution in [3.63, 3.8) is 0 Å². The number of rotatable bonds is 2. The number of nitrogens with zero attached hydrogens (tertiary/aromatic N) is 2. The number of aromatic hydroxyl groups is 1. The van der Waals surface area contributed by atoms with Crippen molar-refractivity contribution in [2.24, 2.45) is 0 Å². The van der Waals surface area contributed by atoms with Crippen LogP contribution < -0.4 is 0 Å². The Hall–Kier alpha value is -1.55. The van der Waals surface area contributed by atoms with E-state index in [9.17, 15) is 5.11 Å². The van der Waals surface area contributed by atoms with Gasteiger partial charge < -0.3 is 5.11 Å². The van der Waals surface area contributed by atoms with Crippen molar-refractivity contribution in [2.75, 3.05) is 0 Å². The van der Waals surface area contributed by atoms with Crippen LogP contribution in [-0.2, 0) is 12.8 Å². The first kappa shape index (κ1) is 12.5. The highest BCUT2D eigenvalue weighted by molar-refractivity contribution is 7.99. The van der Waals surface area contributed by atoms with E-state index in [0.29, 0.717) is 5.75 Å². The number of para-hydroxylation sites is 1. The Labute approximate surface area is 117 Å². The van der Waals surface area contributed by atoms with Gasteiger partial charge in [-0.25, -0.2) is 9.97 Å². The van der Waals surface area contributed by atoms with E-state index in [2.05, 4.69) is 9.97 Å². The van der Waals surface area contributed by atoms with Crippen LogP contribution in [0.5, 0.6) is 5.75 Å². The van der Waals surface area contributed by atoms with Gasteiger partial charge in [-0.1, -0.05) is 30.3 Å². The molecule has 0 spiro atoms. The van der Waals surface area contributed by atoms with E-state index in [1.165, 1.54) is 42.3 Å². The number of phenolic OH excluding ortho intramolecular Hbond substituents is 1. The van der Waals surface area contributed by atoms with Gasteiger partial charge >= 0.3 is 0 Å². The van der Waals surface area contributed by atoms with Gasteiger partial charge in [-0.3, -0.25) is 0 Å². The molecule has 1 N–H and O–H groups in total. The Morgan fingerprint density at radius 3 is 2.74 bits per heavy atom. The molecule has 0 fully saturated rings. The summed E-state index contributed by atoms with van der Waals surface area (Å²) in [6.07, 6.45) is 7.42. The topological polar surface area (TPSA) is 46.0 Å². The summed E-state index contributed by atoms with van der Waals surface area (Å²) in [6, 6.07) is 7.40. The Morgan fingerprint density at radius 1 is 1.00 bits per heavy atom. The maximum Gasteiger partial charge on any atom is 0.129 e. The van der Waals surface area contributed by atoms with Gasteiger partial charge in [0, 0.05) is 11.3 Å². The predicted molar refractivity (Wildman–Crippen MR) is 75.5 cm³/mol. The molecule has 0 unspecified atom stereocenters. The zero-order valence-corrected chi connectivity index (χ0v) is 11.5. The van der Waals surface area contributed by atoms with Gasteiger partial charge in [-0.05, 0) is 37.8 Å². The Balaban J connectivity index is 1.95. The first-order chi connectivity index (χ1) is 9.34. The first-order valence-corrected chi connectivity index (χ1v) is 7.45. The number of fused-ring (bicyclic) bond motifs is 1. The van der Waals surface area contributed by atoms with Crippen molar-refractivity contribution in [3.8, 4) is 5.75 Å². The van der Waals surface area contributed by atoms with E-state index in [1.807, 2.05) is 18.2 Å². The molecule has 0 aliphatic heterocycles. The highest BCUT2D eigenvalue weighted by Crippen LogP contribution is 2.36. The van der Waals surface area contributed by atoms with Crippen molar-refractivity contribution < 1.29 is 5.11 Å². The van der Waals surface area contributed by atoms with Gasteiger partial charge in [0.05, 0.1) is 4.90 Å². The lowest BCUT2D eigenvalue weighted by Crippen LogP contribution is -1.99. The summed E-state index contributed by atoms with van der Waals surface area (Å²) in [5.74, 6) is 0.313. The fraction of sp³-hybridized carbons (Fsp3) is 0.333. The van der Waals surface area contributed by atoms with Crippen LogP contribution in [-0.4, -0.2) is 15.1 Å². The lowest BCUT2D eigenvalue weighted by Gasteiger charge is -2.10. The Morgan fingerprint density at radius 2 is 1.84 bits per heavy atom. The molecule has 1 aliphatic rings. The van der Waals surface area contributed by atoms with E-state index in [1.54, 1.807) is 12.4 Å². The number of hydrogen-bond donors (Lipinski definition) is 1. The van der Waals surface area contributed by atoms with Crippen LogP contribution in [0.4, 0.5) is 0 Å². The maximum absolute atomic E-state index is 9.87. The zero-order chi connectivity index (χ0) is 13.1. The van der Waals surface area contributed by atoms with E-state index in [0.717, 1.165) is 22.8 Å². The summed E-state index contributed by atoms with van der Waals surface area (Å²) < 4.78 is 0. The van der Waals surface area contributed by atoms with E-state index in [-0.39, 0.29) is 0 Å². The summed E-state index contributed by atoms with van der Waals surface area (Å²) in [4.78, 5) is 9.68. The van der Waals surface area contributed by atoms with Crippen LogP contribution >= 0.6 is 11.8 Å². The molecule has 98 valence electrons. The molecule has 0 bridgehead atoms. The number of hydrogen-bond acceptors (Lipinski definition) is 4. The Kier molecular flexibility index (Phi) is 3.69. The first-order valence-electron chi connectivity index (χ1n) is 6.63. The smallest absolute Gasteiger partial charge is 0.129 e. The molecular formula is C15H16N2OS. The van der Waals surface area contributed by atoms with Crippen molar-refractivity contribution in [1.82, 2.24) is 9.97 Å². The van der Waals surface area contributed by atoms with Crippen LogP contribution in [0.3, 0.4) is 0 Å². The van der Waals surface area contributed by atoms with E-state index < -0.39 is 0 Å². The summed E-state index contributed by atoms with van der Waals surface area (Å²) in [5, 5.41) is 10.9. The zero-order valence-electron chi connectivity index (χ0n) is 10.7. The Bertz CT molecular complexity index is 586. The number of aryl methyl sites for hydroxylation is 1. The van der Waals surface area contributed by atoms with E-state index in [4.69, 9.17) is 0 Å². The van der Waals surface area contributed by atoms with Gasteiger partial charge in [0.25, 0.3) is 0 Å². The highest BCUT2D eigenvalue weighted by atomic mass is 32.2. The van der Waals surface area contributed by atoms with Gasteiger partial charge in [0.2, 0.25) is 0 Å². The lowest BCUT2D eigenvalue weighted by atomic mass is 10.1. The standard InChI is InChI=1S/C15H16N2OS/c18-13-8-4-5-9-14(13)19-15-11-6-2-1-3-7-12(11)16-10-17-15/h4-5,8-10,18H,1-3,6-7H2. The van der Waals surface area contributed by atoms with Gasteiger partial charge in [0.15, 0.2) is 0 Å². The largest absolute Gasteiger partial charge is 0.507 e. The third-order valence-electron chi connectivity index (χ3n) is 3.41. The molecule has 0 saturated heterocycles. The molecule has 3 rings (SSSR count). The minimum atomic E-state index is 0.313. The van der Waals surface area contributed by atoms with Crippen LogP contribution in [0, 0.1) is 0 Å². The van der Waals surface area contributed by atoms with Gasteiger partial charge in [-0.15, -0.1) is 0 Å². The minimum absolute atomic E-state index is 0.313. The van der Waals surface area contributed by atoms with Crippen LogP contribution in [0.15, 0.2) is 40.5 Å². The second-order valence-electron chi connectivity index (χ2n) is 4.73. The molecule has 0 radical (unpaired) electrons. The second-order valence-corrected chi connectivity index (χ2v) is 5.77. The molecule has 19 heavy (non-hydrogen) atoms. The molecule has 1 heterocycles. The van der Waals surface area contributed by atoms with Crippen molar-refractivity contribution >= 4 is 11.8 Å². The lowest BCUT2D eigenvalue weighted by molar-refractivity contribution is 0.462. The third-order valence-corrected chi connectivity index (χ3v) is 4.52. The van der Waals surface area contributed by atoms with Gasteiger partial charge in [0.1, 0.15) is 17.1 Å². The average molecular weight is 272 g/mol. The van der Waals surface area contributed by atoms with Gasteiger partial charge in [-0.2, -0.15) is 0 Å². The van der Waals surface area contributed by atoms with Crippen molar-refractivity contribution in [3.05, 3.63) is 41.9 Å². The summed E-state index contributed by atoms with van der Waals surface area (Å²) >= 11 is 1.54. The molecule has 4 heteroatoms. The molecule has 0 amide bonds. The van der Waals surface area contributed by atoms with Crippen LogP contribution in [0.25, 0.3) is 0 Å². The number of aromatic nitrogens is 2. The summed E-state index contributed by atoms with van der Waals surface area (Å²) in [7, 11) is 0. The fourth-order valence-electron chi connectivity index (χ4n) is 2.40. The predicted octanol–water partition coefficient (Wildman–Crippen LogP) is 3.60. The maximum atomic E-state index is 9.87. The highest BCUT2D eigenvalue weighted by Gasteiger charge is 2.15.